The van der Waals surface area contributed by atoms with Gasteiger partial charge in [0.1, 0.15) is 6.04 Å². The lowest BCUT2D eigenvalue weighted by atomic mass is 10.1. The third kappa shape index (κ3) is 5.86. The molecule has 4 nitrogen and oxygen atoms in total. The predicted octanol–water partition coefficient (Wildman–Crippen LogP) is 4.74. The smallest absolute Gasteiger partial charge is 0.242 e. The Hall–Kier alpha value is -1.75. The SMILES string of the molecule is CCNC(=O)C(C)N(Cc1c(Cl)cccc1Cl)C(=O)Cc1ccc(Cl)cc1. The van der Waals surface area contributed by atoms with Crippen LogP contribution >= 0.6 is 34.8 Å². The molecule has 0 aliphatic rings. The fourth-order valence-electron chi connectivity index (χ4n) is 2.64. The first-order chi connectivity index (χ1) is 12.8. The van der Waals surface area contributed by atoms with Crippen molar-refractivity contribution in [3.05, 3.63) is 68.7 Å². The molecule has 2 rings (SSSR count). The minimum absolute atomic E-state index is 0.142. The Balaban J connectivity index is 2.29. The van der Waals surface area contributed by atoms with Gasteiger partial charge in [-0.3, -0.25) is 9.59 Å². The number of carbonyl (C=O) groups excluding carboxylic acids is 2. The zero-order valence-corrected chi connectivity index (χ0v) is 17.4. The normalized spacial score (nSPS) is 11.7. The number of rotatable bonds is 7. The summed E-state index contributed by atoms with van der Waals surface area (Å²) in [4.78, 5) is 26.9. The van der Waals surface area contributed by atoms with Crippen LogP contribution in [0.1, 0.15) is 25.0 Å². The lowest BCUT2D eigenvalue weighted by Gasteiger charge is -2.29. The van der Waals surface area contributed by atoms with E-state index in [1.54, 1.807) is 49.4 Å². The molecule has 0 aromatic heterocycles. The van der Waals surface area contributed by atoms with Gasteiger partial charge in [-0.05, 0) is 43.7 Å². The fourth-order valence-corrected chi connectivity index (χ4v) is 3.28. The zero-order chi connectivity index (χ0) is 20.0. The molecule has 1 N–H and O–H groups in total. The Bertz CT molecular complexity index is 789. The molecule has 0 aliphatic heterocycles. The van der Waals surface area contributed by atoms with Crippen LogP contribution < -0.4 is 5.32 Å². The molecule has 0 heterocycles. The highest BCUT2D eigenvalue weighted by Crippen LogP contribution is 2.27. The van der Waals surface area contributed by atoms with Crippen molar-refractivity contribution in [2.24, 2.45) is 0 Å². The molecule has 0 spiro atoms. The summed E-state index contributed by atoms with van der Waals surface area (Å²) >= 11 is 18.4. The third-order valence-corrected chi connectivity index (χ3v) is 5.14. The van der Waals surface area contributed by atoms with Gasteiger partial charge in [0.15, 0.2) is 0 Å². The summed E-state index contributed by atoms with van der Waals surface area (Å²) in [7, 11) is 0. The van der Waals surface area contributed by atoms with Crippen LogP contribution in [0.5, 0.6) is 0 Å². The van der Waals surface area contributed by atoms with Gasteiger partial charge in [0.25, 0.3) is 0 Å². The molecule has 27 heavy (non-hydrogen) atoms. The largest absolute Gasteiger partial charge is 0.355 e. The van der Waals surface area contributed by atoms with Crippen LogP contribution in [-0.4, -0.2) is 29.3 Å². The maximum Gasteiger partial charge on any atom is 0.242 e. The average molecular weight is 428 g/mol. The third-order valence-electron chi connectivity index (χ3n) is 4.18. The quantitative estimate of drug-likeness (QED) is 0.693. The summed E-state index contributed by atoms with van der Waals surface area (Å²) in [5.41, 5.74) is 1.42. The monoisotopic (exact) mass is 426 g/mol. The highest BCUT2D eigenvalue weighted by molar-refractivity contribution is 6.36. The Morgan fingerprint density at radius 2 is 1.63 bits per heavy atom. The minimum Gasteiger partial charge on any atom is -0.355 e. The molecule has 1 unspecified atom stereocenters. The summed E-state index contributed by atoms with van der Waals surface area (Å²) in [5.74, 6) is -0.433. The highest BCUT2D eigenvalue weighted by atomic mass is 35.5. The van der Waals surface area contributed by atoms with Crippen LogP contribution in [0.25, 0.3) is 0 Å². The van der Waals surface area contributed by atoms with Crippen LogP contribution in [0.2, 0.25) is 15.1 Å². The Morgan fingerprint density at radius 3 is 2.19 bits per heavy atom. The first kappa shape index (κ1) is 21.5. The van der Waals surface area contributed by atoms with Crippen LogP contribution in [0.15, 0.2) is 42.5 Å². The van der Waals surface area contributed by atoms with Crippen molar-refractivity contribution in [1.82, 2.24) is 10.2 Å². The number of nitrogens with zero attached hydrogens (tertiary/aromatic N) is 1. The molecule has 0 saturated carbocycles. The van der Waals surface area contributed by atoms with Crippen LogP contribution in [-0.2, 0) is 22.6 Å². The van der Waals surface area contributed by atoms with Gasteiger partial charge in [-0.1, -0.05) is 53.0 Å². The first-order valence-corrected chi connectivity index (χ1v) is 9.71. The molecule has 2 aromatic carbocycles. The summed E-state index contributed by atoms with van der Waals surface area (Å²) in [6.45, 7) is 4.14. The second kappa shape index (κ2) is 9.98. The molecule has 0 radical (unpaired) electrons. The predicted molar refractivity (Wildman–Crippen MR) is 110 cm³/mol. The number of likely N-dealkylation sites (N-methyl/N-ethyl adjacent to an activating group) is 1. The van der Waals surface area contributed by atoms with E-state index in [9.17, 15) is 9.59 Å². The molecule has 0 aliphatic carbocycles. The van der Waals surface area contributed by atoms with Gasteiger partial charge in [-0.2, -0.15) is 0 Å². The maximum atomic E-state index is 13.0. The number of hydrogen-bond donors (Lipinski definition) is 1. The molecule has 0 bridgehead atoms. The van der Waals surface area contributed by atoms with Gasteiger partial charge in [-0.25, -0.2) is 0 Å². The molecule has 0 saturated heterocycles. The van der Waals surface area contributed by atoms with Crippen LogP contribution in [0.3, 0.4) is 0 Å². The number of nitrogens with one attached hydrogen (secondary N) is 1. The fraction of sp³-hybridized carbons (Fsp3) is 0.300. The number of halogens is 3. The molecular formula is C20H21Cl3N2O2. The van der Waals surface area contributed by atoms with E-state index in [4.69, 9.17) is 34.8 Å². The van der Waals surface area contributed by atoms with E-state index in [-0.39, 0.29) is 24.8 Å². The number of carbonyl (C=O) groups is 2. The lowest BCUT2D eigenvalue weighted by molar-refractivity contribution is -0.140. The molecular weight excluding hydrogens is 407 g/mol. The van der Waals surface area contributed by atoms with Crippen molar-refractivity contribution >= 4 is 46.6 Å². The van der Waals surface area contributed by atoms with Crippen molar-refractivity contribution in [2.45, 2.75) is 32.9 Å². The van der Waals surface area contributed by atoms with Crippen molar-refractivity contribution in [1.29, 1.82) is 0 Å². The number of benzene rings is 2. The molecule has 7 heteroatoms. The van der Waals surface area contributed by atoms with E-state index in [0.29, 0.717) is 27.2 Å². The minimum atomic E-state index is -0.669. The van der Waals surface area contributed by atoms with E-state index in [0.717, 1.165) is 5.56 Å². The van der Waals surface area contributed by atoms with Crippen molar-refractivity contribution in [2.75, 3.05) is 6.54 Å². The Morgan fingerprint density at radius 1 is 1.04 bits per heavy atom. The Kier molecular flexibility index (Phi) is 7.96. The number of hydrogen-bond acceptors (Lipinski definition) is 2. The number of amides is 2. The van der Waals surface area contributed by atoms with E-state index >= 15 is 0 Å². The van der Waals surface area contributed by atoms with Gasteiger partial charge in [-0.15, -0.1) is 0 Å². The van der Waals surface area contributed by atoms with Gasteiger partial charge in [0.2, 0.25) is 11.8 Å². The molecule has 144 valence electrons. The zero-order valence-electron chi connectivity index (χ0n) is 15.1. The molecule has 0 fully saturated rings. The van der Waals surface area contributed by atoms with Gasteiger partial charge >= 0.3 is 0 Å². The van der Waals surface area contributed by atoms with E-state index in [1.807, 2.05) is 6.92 Å². The summed E-state index contributed by atoms with van der Waals surface area (Å²) in [6, 6.07) is 11.5. The van der Waals surface area contributed by atoms with Gasteiger partial charge in [0.05, 0.1) is 6.42 Å². The summed E-state index contributed by atoms with van der Waals surface area (Å²) in [5, 5.41) is 4.26. The lowest BCUT2D eigenvalue weighted by Crippen LogP contribution is -2.48. The Labute approximate surface area is 174 Å². The van der Waals surface area contributed by atoms with E-state index in [1.165, 1.54) is 4.90 Å². The summed E-state index contributed by atoms with van der Waals surface area (Å²) in [6.07, 6.45) is 0.142. The molecule has 1 atom stereocenters. The average Bonchev–Trinajstić information content (AvgIpc) is 2.63. The maximum absolute atomic E-state index is 13.0. The van der Waals surface area contributed by atoms with Crippen LogP contribution in [0.4, 0.5) is 0 Å². The van der Waals surface area contributed by atoms with Crippen LogP contribution in [0, 0.1) is 0 Å². The van der Waals surface area contributed by atoms with Gasteiger partial charge in [0, 0.05) is 33.7 Å². The molecule has 2 amide bonds. The molecule has 2 aromatic rings. The highest BCUT2D eigenvalue weighted by Gasteiger charge is 2.27. The second-order valence-corrected chi connectivity index (χ2v) is 7.35. The first-order valence-electron chi connectivity index (χ1n) is 8.58. The van der Waals surface area contributed by atoms with E-state index < -0.39 is 6.04 Å². The second-order valence-electron chi connectivity index (χ2n) is 6.10. The summed E-state index contributed by atoms with van der Waals surface area (Å²) < 4.78 is 0. The van der Waals surface area contributed by atoms with E-state index in [2.05, 4.69) is 5.32 Å². The van der Waals surface area contributed by atoms with Gasteiger partial charge < -0.3 is 10.2 Å². The standard InChI is InChI=1S/C20H21Cl3N2O2/c1-3-24-20(27)13(2)25(12-16-17(22)5-4-6-18(16)23)19(26)11-14-7-9-15(21)10-8-14/h4-10,13H,3,11-12H2,1-2H3,(H,24,27). The van der Waals surface area contributed by atoms with Crippen molar-refractivity contribution < 1.29 is 9.59 Å². The van der Waals surface area contributed by atoms with Crippen molar-refractivity contribution in [3.8, 4) is 0 Å². The topological polar surface area (TPSA) is 49.4 Å². The van der Waals surface area contributed by atoms with Crippen molar-refractivity contribution in [3.63, 3.8) is 0 Å².